The van der Waals surface area contributed by atoms with Crippen molar-refractivity contribution in [3.8, 4) is 5.88 Å². The first-order valence-corrected chi connectivity index (χ1v) is 6.25. The molecule has 1 rings (SSSR count). The minimum Gasteiger partial charge on any atom is -0.467 e. The summed E-state index contributed by atoms with van der Waals surface area (Å²) < 4.78 is 45.4. The van der Waals surface area contributed by atoms with Gasteiger partial charge in [0.05, 0.1) is 12.2 Å². The van der Waals surface area contributed by atoms with Crippen molar-refractivity contribution < 1.29 is 27.4 Å². The number of nitrogens with zero attached hydrogens (tertiary/aromatic N) is 1. The van der Waals surface area contributed by atoms with Gasteiger partial charge in [0.15, 0.2) is 6.61 Å². The summed E-state index contributed by atoms with van der Waals surface area (Å²) in [5.74, 6) is -0.841. The molecule has 0 unspecified atom stereocenters. The van der Waals surface area contributed by atoms with Crippen molar-refractivity contribution in [1.29, 1.82) is 0 Å². The lowest BCUT2D eigenvalue weighted by molar-refractivity contribution is -0.154. The molecule has 1 aromatic rings. The minimum atomic E-state index is -4.49. The van der Waals surface area contributed by atoms with E-state index in [-0.39, 0.29) is 22.5 Å². The second-order valence-electron chi connectivity index (χ2n) is 4.24. The van der Waals surface area contributed by atoms with Crippen LogP contribution in [0.15, 0.2) is 12.3 Å². The molecule has 1 N–H and O–H groups in total. The van der Waals surface area contributed by atoms with Crippen LogP contribution < -0.4 is 10.1 Å². The summed E-state index contributed by atoms with van der Waals surface area (Å²) in [6.07, 6.45) is -3.40. The maximum absolute atomic E-state index is 12.0. The SMILES string of the molecule is COC[C@@H](C)NC(=O)c1cnc(OCC(F)(F)F)c(Cl)c1. The predicted octanol–water partition coefficient (Wildman–Crippen LogP) is 2.44. The highest BCUT2D eigenvalue weighted by molar-refractivity contribution is 6.32. The predicted molar refractivity (Wildman–Crippen MR) is 69.6 cm³/mol. The van der Waals surface area contributed by atoms with E-state index in [0.29, 0.717) is 6.61 Å². The van der Waals surface area contributed by atoms with Gasteiger partial charge in [-0.2, -0.15) is 13.2 Å². The first-order valence-electron chi connectivity index (χ1n) is 5.88. The number of hydrogen-bond donors (Lipinski definition) is 1. The Kier molecular flexibility index (Phi) is 6.22. The van der Waals surface area contributed by atoms with Crippen molar-refractivity contribution >= 4 is 17.5 Å². The van der Waals surface area contributed by atoms with Gasteiger partial charge in [0.25, 0.3) is 5.91 Å². The summed E-state index contributed by atoms with van der Waals surface area (Å²) in [7, 11) is 1.49. The molecule has 0 aliphatic heterocycles. The molecular weight excluding hydrogens is 313 g/mol. The quantitative estimate of drug-likeness (QED) is 0.872. The molecule has 9 heteroatoms. The van der Waals surface area contributed by atoms with Crippen molar-refractivity contribution in [1.82, 2.24) is 10.3 Å². The molecule has 0 saturated heterocycles. The van der Waals surface area contributed by atoms with Crippen LogP contribution >= 0.6 is 11.6 Å². The lowest BCUT2D eigenvalue weighted by Crippen LogP contribution is -2.35. The van der Waals surface area contributed by atoms with Gasteiger partial charge in [-0.05, 0) is 13.0 Å². The molecule has 118 valence electrons. The molecular formula is C12H14ClF3N2O3. The molecule has 21 heavy (non-hydrogen) atoms. The Morgan fingerprint density at radius 1 is 1.52 bits per heavy atom. The van der Waals surface area contributed by atoms with Crippen molar-refractivity contribution in [2.24, 2.45) is 0 Å². The van der Waals surface area contributed by atoms with Crippen molar-refractivity contribution in [3.63, 3.8) is 0 Å². The average molecular weight is 327 g/mol. The standard InChI is InChI=1S/C12H14ClF3N2O3/c1-7(5-20-2)18-10(19)8-3-9(13)11(17-4-8)21-6-12(14,15)16/h3-4,7H,5-6H2,1-2H3,(H,18,19)/t7-/m1/s1. The van der Waals surface area contributed by atoms with Gasteiger partial charge < -0.3 is 14.8 Å². The zero-order valence-corrected chi connectivity index (χ0v) is 12.1. The Morgan fingerprint density at radius 2 is 2.19 bits per heavy atom. The highest BCUT2D eigenvalue weighted by Gasteiger charge is 2.29. The number of aromatic nitrogens is 1. The maximum atomic E-state index is 12.0. The number of amides is 1. The number of ether oxygens (including phenoxy) is 2. The zero-order valence-electron chi connectivity index (χ0n) is 11.3. The van der Waals surface area contributed by atoms with Crippen LogP contribution in [0.25, 0.3) is 0 Å². The van der Waals surface area contributed by atoms with Crippen molar-refractivity contribution in [2.45, 2.75) is 19.1 Å². The first-order chi connectivity index (χ1) is 9.73. The molecule has 1 amide bonds. The third-order valence-electron chi connectivity index (χ3n) is 2.24. The van der Waals surface area contributed by atoms with Crippen LogP contribution in [0, 0.1) is 0 Å². The second kappa shape index (κ2) is 7.46. The maximum Gasteiger partial charge on any atom is 0.422 e. The number of nitrogens with one attached hydrogen (secondary N) is 1. The summed E-state index contributed by atoms with van der Waals surface area (Å²) in [6, 6.07) is 0.956. The van der Waals surface area contributed by atoms with Crippen LogP contribution in [0.2, 0.25) is 5.02 Å². The molecule has 0 radical (unpaired) electrons. The lowest BCUT2D eigenvalue weighted by Gasteiger charge is -2.13. The molecule has 0 bridgehead atoms. The van der Waals surface area contributed by atoms with E-state index in [4.69, 9.17) is 16.3 Å². The molecule has 0 saturated carbocycles. The van der Waals surface area contributed by atoms with Gasteiger partial charge in [-0.25, -0.2) is 4.98 Å². The Balaban J connectivity index is 2.71. The minimum absolute atomic E-state index is 0.113. The third kappa shape index (κ3) is 6.17. The van der Waals surface area contributed by atoms with E-state index in [0.717, 1.165) is 6.20 Å². The Morgan fingerprint density at radius 3 is 2.71 bits per heavy atom. The van der Waals surface area contributed by atoms with Crippen LogP contribution in [0.5, 0.6) is 5.88 Å². The molecule has 5 nitrogen and oxygen atoms in total. The van der Waals surface area contributed by atoms with Crippen LogP contribution in [-0.4, -0.2) is 43.4 Å². The van der Waals surface area contributed by atoms with Gasteiger partial charge in [-0.1, -0.05) is 11.6 Å². The molecule has 1 heterocycles. The highest BCUT2D eigenvalue weighted by Crippen LogP contribution is 2.24. The first kappa shape index (κ1) is 17.5. The average Bonchev–Trinajstić information content (AvgIpc) is 2.36. The fraction of sp³-hybridized carbons (Fsp3) is 0.500. The summed E-state index contributed by atoms with van der Waals surface area (Å²) in [5.41, 5.74) is 0.113. The van der Waals surface area contributed by atoms with E-state index in [1.807, 2.05) is 0 Å². The molecule has 0 fully saturated rings. The number of carbonyl (C=O) groups excluding carboxylic acids is 1. The molecule has 0 aliphatic carbocycles. The Bertz CT molecular complexity index is 497. The summed E-state index contributed by atoms with van der Waals surface area (Å²) in [6.45, 7) is 0.549. The molecule has 0 spiro atoms. The number of carbonyl (C=O) groups is 1. The van der Waals surface area contributed by atoms with E-state index < -0.39 is 18.7 Å². The van der Waals surface area contributed by atoms with Crippen molar-refractivity contribution in [2.75, 3.05) is 20.3 Å². The highest BCUT2D eigenvalue weighted by atomic mass is 35.5. The number of pyridine rings is 1. The normalized spacial score (nSPS) is 12.9. The summed E-state index contributed by atoms with van der Waals surface area (Å²) >= 11 is 5.74. The smallest absolute Gasteiger partial charge is 0.422 e. The van der Waals surface area contributed by atoms with Crippen LogP contribution in [0.1, 0.15) is 17.3 Å². The van der Waals surface area contributed by atoms with Crippen LogP contribution in [-0.2, 0) is 4.74 Å². The third-order valence-corrected chi connectivity index (χ3v) is 2.51. The topological polar surface area (TPSA) is 60.5 Å². The number of methoxy groups -OCH3 is 1. The Hall–Kier alpha value is -1.54. The van der Waals surface area contributed by atoms with Crippen LogP contribution in [0.4, 0.5) is 13.2 Å². The van der Waals surface area contributed by atoms with Crippen LogP contribution in [0.3, 0.4) is 0 Å². The fourth-order valence-electron chi connectivity index (χ4n) is 1.40. The van der Waals surface area contributed by atoms with E-state index in [1.54, 1.807) is 6.92 Å². The van der Waals surface area contributed by atoms with Gasteiger partial charge in [0.1, 0.15) is 5.02 Å². The summed E-state index contributed by atoms with van der Waals surface area (Å²) in [4.78, 5) is 15.4. The monoisotopic (exact) mass is 326 g/mol. The van der Waals surface area contributed by atoms with Gasteiger partial charge in [0, 0.05) is 19.3 Å². The number of hydrogen-bond acceptors (Lipinski definition) is 4. The lowest BCUT2D eigenvalue weighted by atomic mass is 10.2. The van der Waals surface area contributed by atoms with E-state index >= 15 is 0 Å². The zero-order chi connectivity index (χ0) is 16.0. The molecule has 0 aromatic carbocycles. The van der Waals surface area contributed by atoms with Gasteiger partial charge >= 0.3 is 6.18 Å². The second-order valence-corrected chi connectivity index (χ2v) is 4.65. The number of rotatable bonds is 6. The number of halogens is 4. The van der Waals surface area contributed by atoms with Gasteiger partial charge in [0.2, 0.25) is 5.88 Å². The van der Waals surface area contributed by atoms with Gasteiger partial charge in [-0.15, -0.1) is 0 Å². The van der Waals surface area contributed by atoms with Crippen molar-refractivity contribution in [3.05, 3.63) is 22.8 Å². The van der Waals surface area contributed by atoms with E-state index in [2.05, 4.69) is 15.0 Å². The Labute approximate surface area is 124 Å². The molecule has 0 aliphatic rings. The van der Waals surface area contributed by atoms with E-state index in [1.165, 1.54) is 13.2 Å². The fourth-order valence-corrected chi connectivity index (χ4v) is 1.63. The largest absolute Gasteiger partial charge is 0.467 e. The number of alkyl halides is 3. The summed E-state index contributed by atoms with van der Waals surface area (Å²) in [5, 5.41) is 2.44. The van der Waals surface area contributed by atoms with Gasteiger partial charge in [-0.3, -0.25) is 4.79 Å². The molecule has 1 atom stereocenters. The molecule has 1 aromatic heterocycles. The van der Waals surface area contributed by atoms with E-state index in [9.17, 15) is 18.0 Å².